The molecule has 2 aromatic rings. The maximum absolute atomic E-state index is 10.6. The molecule has 0 aliphatic rings. The summed E-state index contributed by atoms with van der Waals surface area (Å²) in [5.74, 6) is 0.524. The SMILES string of the molecule is COc1cccc(-c2cccc(C=O)n2)n1. The number of aromatic nitrogens is 2. The van der Waals surface area contributed by atoms with Crippen LogP contribution in [0.4, 0.5) is 0 Å². The molecule has 2 aromatic heterocycles. The first-order valence-electron chi connectivity index (χ1n) is 4.77. The fraction of sp³-hybridized carbons (Fsp3) is 0.0833. The number of pyridine rings is 2. The third-order valence-corrected chi connectivity index (χ3v) is 2.09. The van der Waals surface area contributed by atoms with Crippen molar-refractivity contribution < 1.29 is 9.53 Å². The van der Waals surface area contributed by atoms with Crippen molar-refractivity contribution in [3.8, 4) is 17.3 Å². The molecule has 0 amide bonds. The van der Waals surface area contributed by atoms with E-state index in [-0.39, 0.29) is 0 Å². The largest absolute Gasteiger partial charge is 0.481 e. The summed E-state index contributed by atoms with van der Waals surface area (Å²) in [5, 5.41) is 0. The van der Waals surface area contributed by atoms with Gasteiger partial charge in [0, 0.05) is 6.07 Å². The number of hydrogen-bond donors (Lipinski definition) is 0. The Balaban J connectivity index is 2.45. The van der Waals surface area contributed by atoms with Gasteiger partial charge >= 0.3 is 0 Å². The molecule has 0 aliphatic heterocycles. The van der Waals surface area contributed by atoms with E-state index < -0.39 is 0 Å². The van der Waals surface area contributed by atoms with Gasteiger partial charge in [-0.15, -0.1) is 0 Å². The molecule has 2 rings (SSSR count). The van der Waals surface area contributed by atoms with Crippen LogP contribution < -0.4 is 4.74 Å². The van der Waals surface area contributed by atoms with E-state index in [4.69, 9.17) is 4.74 Å². The summed E-state index contributed by atoms with van der Waals surface area (Å²) in [4.78, 5) is 19.0. The summed E-state index contributed by atoms with van der Waals surface area (Å²) in [5.41, 5.74) is 1.73. The van der Waals surface area contributed by atoms with Crippen LogP contribution in [0.5, 0.6) is 5.88 Å². The molecule has 16 heavy (non-hydrogen) atoms. The van der Waals surface area contributed by atoms with Gasteiger partial charge in [-0.3, -0.25) is 4.79 Å². The monoisotopic (exact) mass is 214 g/mol. The van der Waals surface area contributed by atoms with Gasteiger partial charge in [0.2, 0.25) is 5.88 Å². The normalized spacial score (nSPS) is 9.81. The lowest BCUT2D eigenvalue weighted by atomic mass is 10.2. The van der Waals surface area contributed by atoms with Gasteiger partial charge in [-0.05, 0) is 18.2 Å². The standard InChI is InChI=1S/C12H10N2O2/c1-16-12-7-3-6-11(14-12)10-5-2-4-9(8-15)13-10/h2-8H,1H3. The zero-order valence-corrected chi connectivity index (χ0v) is 8.75. The van der Waals surface area contributed by atoms with Gasteiger partial charge in [0.25, 0.3) is 0 Å². The van der Waals surface area contributed by atoms with Crippen molar-refractivity contribution in [3.05, 3.63) is 42.1 Å². The van der Waals surface area contributed by atoms with Crippen molar-refractivity contribution in [3.63, 3.8) is 0 Å². The molecule has 2 heterocycles. The van der Waals surface area contributed by atoms with Crippen LogP contribution in [0, 0.1) is 0 Å². The molecule has 0 radical (unpaired) electrons. The minimum Gasteiger partial charge on any atom is -0.481 e. The summed E-state index contributed by atoms with van der Waals surface area (Å²) < 4.78 is 5.02. The molecule has 4 nitrogen and oxygen atoms in total. The fourth-order valence-corrected chi connectivity index (χ4v) is 1.33. The first-order chi connectivity index (χ1) is 7.83. The Morgan fingerprint density at radius 1 is 1.06 bits per heavy atom. The number of ether oxygens (including phenoxy) is 1. The predicted molar refractivity (Wildman–Crippen MR) is 59.4 cm³/mol. The van der Waals surface area contributed by atoms with E-state index in [2.05, 4.69) is 9.97 Å². The van der Waals surface area contributed by atoms with Crippen LogP contribution in [0.1, 0.15) is 10.5 Å². The molecule has 0 spiro atoms. The molecule has 4 heteroatoms. The lowest BCUT2D eigenvalue weighted by Gasteiger charge is -2.02. The number of rotatable bonds is 3. The van der Waals surface area contributed by atoms with Gasteiger partial charge in [-0.2, -0.15) is 0 Å². The summed E-state index contributed by atoms with van der Waals surface area (Å²) in [6, 6.07) is 10.6. The van der Waals surface area contributed by atoms with Crippen LogP contribution in [0.2, 0.25) is 0 Å². The van der Waals surface area contributed by atoms with Crippen LogP contribution >= 0.6 is 0 Å². The van der Waals surface area contributed by atoms with E-state index in [0.717, 1.165) is 0 Å². The minimum absolute atomic E-state index is 0.391. The molecule has 0 saturated carbocycles. The van der Waals surface area contributed by atoms with Crippen molar-refractivity contribution >= 4 is 6.29 Å². The van der Waals surface area contributed by atoms with Gasteiger partial charge in [0.1, 0.15) is 5.69 Å². The second kappa shape index (κ2) is 4.53. The number of methoxy groups -OCH3 is 1. The maximum atomic E-state index is 10.6. The number of carbonyl (C=O) groups is 1. The highest BCUT2D eigenvalue weighted by Gasteiger charge is 2.03. The lowest BCUT2D eigenvalue weighted by Crippen LogP contribution is -1.93. The van der Waals surface area contributed by atoms with E-state index in [1.807, 2.05) is 12.1 Å². The summed E-state index contributed by atoms with van der Waals surface area (Å²) in [6.07, 6.45) is 0.712. The average Bonchev–Trinajstić information content (AvgIpc) is 2.39. The molecule has 0 aromatic carbocycles. The first kappa shape index (κ1) is 10.3. The van der Waals surface area contributed by atoms with Crippen molar-refractivity contribution in [1.82, 2.24) is 9.97 Å². The zero-order valence-electron chi connectivity index (χ0n) is 8.75. The van der Waals surface area contributed by atoms with E-state index in [1.165, 1.54) is 0 Å². The molecule has 80 valence electrons. The van der Waals surface area contributed by atoms with Gasteiger partial charge in [-0.25, -0.2) is 9.97 Å². The Morgan fingerprint density at radius 3 is 2.44 bits per heavy atom. The van der Waals surface area contributed by atoms with Crippen LogP contribution in [0.15, 0.2) is 36.4 Å². The molecule has 0 aliphatic carbocycles. The Kier molecular flexibility index (Phi) is 2.91. The molecule has 0 bridgehead atoms. The maximum Gasteiger partial charge on any atom is 0.213 e. The van der Waals surface area contributed by atoms with Gasteiger partial charge < -0.3 is 4.74 Å². The molecule has 0 saturated heterocycles. The third-order valence-electron chi connectivity index (χ3n) is 2.09. The van der Waals surface area contributed by atoms with Crippen LogP contribution in [0.3, 0.4) is 0 Å². The third kappa shape index (κ3) is 2.06. The first-order valence-corrected chi connectivity index (χ1v) is 4.77. The lowest BCUT2D eigenvalue weighted by molar-refractivity contribution is 0.111. The van der Waals surface area contributed by atoms with Crippen LogP contribution in [0.25, 0.3) is 11.4 Å². The van der Waals surface area contributed by atoms with Crippen LogP contribution in [-0.2, 0) is 0 Å². The van der Waals surface area contributed by atoms with E-state index in [1.54, 1.807) is 31.4 Å². The quantitative estimate of drug-likeness (QED) is 0.733. The highest BCUT2D eigenvalue weighted by molar-refractivity contribution is 5.73. The Bertz CT molecular complexity index is 512. The zero-order chi connectivity index (χ0) is 11.4. The van der Waals surface area contributed by atoms with Gasteiger partial charge in [0.15, 0.2) is 6.29 Å². The highest BCUT2D eigenvalue weighted by Crippen LogP contribution is 2.17. The Morgan fingerprint density at radius 2 is 1.75 bits per heavy atom. The summed E-state index contributed by atoms with van der Waals surface area (Å²) >= 11 is 0. The molecule has 0 unspecified atom stereocenters. The van der Waals surface area contributed by atoms with Crippen molar-refractivity contribution in [2.75, 3.05) is 7.11 Å². The topological polar surface area (TPSA) is 52.1 Å². The number of hydrogen-bond acceptors (Lipinski definition) is 4. The average molecular weight is 214 g/mol. The number of aldehydes is 1. The van der Waals surface area contributed by atoms with Gasteiger partial charge in [-0.1, -0.05) is 12.1 Å². The molecular formula is C12H10N2O2. The molecule has 0 atom stereocenters. The number of carbonyl (C=O) groups excluding carboxylic acids is 1. The Labute approximate surface area is 92.9 Å². The minimum atomic E-state index is 0.391. The second-order valence-electron chi connectivity index (χ2n) is 3.13. The van der Waals surface area contributed by atoms with E-state index in [9.17, 15) is 4.79 Å². The van der Waals surface area contributed by atoms with Crippen LogP contribution in [-0.4, -0.2) is 23.4 Å². The molecule has 0 fully saturated rings. The summed E-state index contributed by atoms with van der Waals surface area (Å²) in [6.45, 7) is 0. The van der Waals surface area contributed by atoms with E-state index >= 15 is 0 Å². The van der Waals surface area contributed by atoms with Crippen molar-refractivity contribution in [1.29, 1.82) is 0 Å². The summed E-state index contributed by atoms with van der Waals surface area (Å²) in [7, 11) is 1.56. The van der Waals surface area contributed by atoms with Gasteiger partial charge in [0.05, 0.1) is 18.5 Å². The predicted octanol–water partition coefficient (Wildman–Crippen LogP) is 1.96. The smallest absolute Gasteiger partial charge is 0.213 e. The molecule has 0 N–H and O–H groups in total. The Hall–Kier alpha value is -2.23. The molecular weight excluding hydrogens is 204 g/mol. The number of nitrogens with zero attached hydrogens (tertiary/aromatic N) is 2. The second-order valence-corrected chi connectivity index (χ2v) is 3.13. The van der Waals surface area contributed by atoms with E-state index in [0.29, 0.717) is 29.2 Å². The van der Waals surface area contributed by atoms with Crippen molar-refractivity contribution in [2.24, 2.45) is 0 Å². The highest BCUT2D eigenvalue weighted by atomic mass is 16.5. The van der Waals surface area contributed by atoms with Crippen molar-refractivity contribution in [2.45, 2.75) is 0 Å². The fourth-order valence-electron chi connectivity index (χ4n) is 1.33.